The molecule has 1 atom stereocenters. The van der Waals surface area contributed by atoms with Crippen LogP contribution < -0.4 is 5.63 Å². The zero-order chi connectivity index (χ0) is 19.5. The van der Waals surface area contributed by atoms with E-state index >= 15 is 0 Å². The van der Waals surface area contributed by atoms with Gasteiger partial charge in [-0.25, -0.2) is 4.79 Å². The zero-order valence-corrected chi connectivity index (χ0v) is 17.1. The molecular formula is C23H23ClO3S. The number of benzene rings is 1. The van der Waals surface area contributed by atoms with Crippen LogP contribution in [-0.2, 0) is 12.8 Å². The van der Waals surface area contributed by atoms with E-state index in [2.05, 4.69) is 6.07 Å². The smallest absolute Gasteiger partial charge is 0.343 e. The lowest BCUT2D eigenvalue weighted by Gasteiger charge is -2.17. The van der Waals surface area contributed by atoms with Crippen molar-refractivity contribution >= 4 is 22.9 Å². The zero-order valence-electron chi connectivity index (χ0n) is 15.6. The molecule has 1 aliphatic rings. The lowest BCUT2D eigenvalue weighted by atomic mass is 9.87. The van der Waals surface area contributed by atoms with Crippen molar-refractivity contribution < 1.29 is 9.52 Å². The van der Waals surface area contributed by atoms with Crippen LogP contribution in [0.5, 0.6) is 5.75 Å². The molecule has 0 saturated heterocycles. The third-order valence-corrected chi connectivity index (χ3v) is 6.60. The SMILES string of the molecule is O=c1oc(CCCCc2ccc(Cl)s2)cc(O)c1C(c1ccccc1)C1CC1. The predicted molar refractivity (Wildman–Crippen MR) is 114 cm³/mol. The van der Waals surface area contributed by atoms with Crippen molar-refractivity contribution in [2.45, 2.75) is 44.4 Å². The Kier molecular flexibility index (Phi) is 5.88. The van der Waals surface area contributed by atoms with Crippen molar-refractivity contribution in [1.29, 1.82) is 0 Å². The average Bonchev–Trinajstić information content (AvgIpc) is 3.43. The van der Waals surface area contributed by atoms with E-state index in [0.717, 1.165) is 42.0 Å². The van der Waals surface area contributed by atoms with Gasteiger partial charge in [-0.05, 0) is 55.7 Å². The largest absolute Gasteiger partial charge is 0.507 e. The highest BCUT2D eigenvalue weighted by Gasteiger charge is 2.37. The maximum atomic E-state index is 12.7. The summed E-state index contributed by atoms with van der Waals surface area (Å²) in [5.74, 6) is 0.935. The quantitative estimate of drug-likeness (QED) is 0.448. The molecule has 0 radical (unpaired) electrons. The number of halogens is 1. The monoisotopic (exact) mass is 414 g/mol. The summed E-state index contributed by atoms with van der Waals surface area (Å²) >= 11 is 7.56. The van der Waals surface area contributed by atoms with Gasteiger partial charge >= 0.3 is 5.63 Å². The summed E-state index contributed by atoms with van der Waals surface area (Å²) in [5, 5.41) is 10.6. The molecule has 2 heterocycles. The fraction of sp³-hybridized carbons (Fsp3) is 0.348. The van der Waals surface area contributed by atoms with Gasteiger partial charge < -0.3 is 9.52 Å². The second kappa shape index (κ2) is 8.54. The van der Waals surface area contributed by atoms with Gasteiger partial charge in [-0.3, -0.25) is 0 Å². The van der Waals surface area contributed by atoms with Crippen LogP contribution in [0.3, 0.4) is 0 Å². The first-order valence-electron chi connectivity index (χ1n) is 9.77. The summed E-state index contributed by atoms with van der Waals surface area (Å²) in [7, 11) is 0. The van der Waals surface area contributed by atoms with Gasteiger partial charge in [-0.2, -0.15) is 0 Å². The summed E-state index contributed by atoms with van der Waals surface area (Å²) in [6.45, 7) is 0. The molecular weight excluding hydrogens is 392 g/mol. The molecule has 2 aromatic heterocycles. The minimum Gasteiger partial charge on any atom is -0.507 e. The number of aryl methyl sites for hydroxylation is 2. The van der Waals surface area contributed by atoms with Gasteiger partial charge in [0.25, 0.3) is 0 Å². The number of thiophene rings is 1. The van der Waals surface area contributed by atoms with Crippen LogP contribution in [0.1, 0.15) is 53.4 Å². The van der Waals surface area contributed by atoms with E-state index in [1.54, 1.807) is 17.4 Å². The van der Waals surface area contributed by atoms with E-state index in [1.165, 1.54) is 4.88 Å². The molecule has 3 aromatic rings. The molecule has 4 rings (SSSR count). The molecule has 1 aromatic carbocycles. The van der Waals surface area contributed by atoms with Crippen LogP contribution >= 0.6 is 22.9 Å². The van der Waals surface area contributed by atoms with Crippen molar-refractivity contribution in [1.82, 2.24) is 0 Å². The minimum absolute atomic E-state index is 0.0667. The Morgan fingerprint density at radius 1 is 1.11 bits per heavy atom. The first kappa shape index (κ1) is 19.3. The van der Waals surface area contributed by atoms with Crippen molar-refractivity contribution in [3.05, 3.63) is 85.1 Å². The Balaban J connectivity index is 1.46. The Morgan fingerprint density at radius 3 is 2.50 bits per heavy atom. The third-order valence-electron chi connectivity index (χ3n) is 5.31. The first-order chi connectivity index (χ1) is 13.6. The van der Waals surface area contributed by atoms with E-state index in [9.17, 15) is 9.90 Å². The van der Waals surface area contributed by atoms with Crippen molar-refractivity contribution in [2.75, 3.05) is 0 Å². The molecule has 1 aliphatic carbocycles. The fourth-order valence-electron chi connectivity index (χ4n) is 3.80. The van der Waals surface area contributed by atoms with Crippen molar-refractivity contribution in [3.8, 4) is 5.75 Å². The maximum Gasteiger partial charge on any atom is 0.343 e. The summed E-state index contributed by atoms with van der Waals surface area (Å²) < 4.78 is 6.40. The fourth-order valence-corrected chi connectivity index (χ4v) is 4.93. The van der Waals surface area contributed by atoms with Crippen LogP contribution in [0.25, 0.3) is 0 Å². The summed E-state index contributed by atoms with van der Waals surface area (Å²) in [6, 6.07) is 15.5. The lowest BCUT2D eigenvalue weighted by Crippen LogP contribution is -2.16. The minimum atomic E-state index is -0.402. The van der Waals surface area contributed by atoms with E-state index in [1.807, 2.05) is 36.4 Å². The van der Waals surface area contributed by atoms with Crippen LogP contribution in [0.4, 0.5) is 0 Å². The lowest BCUT2D eigenvalue weighted by molar-refractivity contribution is 0.400. The van der Waals surface area contributed by atoms with Crippen LogP contribution in [0.15, 0.2) is 57.7 Å². The molecule has 0 spiro atoms. The molecule has 1 N–H and O–H groups in total. The van der Waals surface area contributed by atoms with Crippen molar-refractivity contribution in [3.63, 3.8) is 0 Å². The van der Waals surface area contributed by atoms with Gasteiger partial charge in [0.05, 0.1) is 9.90 Å². The van der Waals surface area contributed by atoms with Gasteiger partial charge in [0.2, 0.25) is 0 Å². The van der Waals surface area contributed by atoms with E-state index < -0.39 is 5.63 Å². The molecule has 5 heteroatoms. The second-order valence-corrected chi connectivity index (χ2v) is 9.24. The van der Waals surface area contributed by atoms with E-state index in [-0.39, 0.29) is 11.7 Å². The summed E-state index contributed by atoms with van der Waals surface area (Å²) in [6.07, 6.45) is 5.63. The Bertz CT molecular complexity index is 989. The van der Waals surface area contributed by atoms with Crippen molar-refractivity contribution in [2.24, 2.45) is 5.92 Å². The van der Waals surface area contributed by atoms with Crippen LogP contribution in [0.2, 0.25) is 4.34 Å². The number of aromatic hydroxyl groups is 1. The molecule has 1 saturated carbocycles. The van der Waals surface area contributed by atoms with Gasteiger partial charge in [-0.1, -0.05) is 41.9 Å². The molecule has 146 valence electrons. The normalized spacial score (nSPS) is 14.9. The average molecular weight is 415 g/mol. The molecule has 28 heavy (non-hydrogen) atoms. The van der Waals surface area contributed by atoms with Gasteiger partial charge in [0, 0.05) is 23.3 Å². The molecule has 0 amide bonds. The Morgan fingerprint density at radius 2 is 1.86 bits per heavy atom. The van der Waals surface area contributed by atoms with Gasteiger partial charge in [0.1, 0.15) is 11.5 Å². The molecule has 0 aliphatic heterocycles. The Hall–Kier alpha value is -2.04. The predicted octanol–water partition coefficient (Wildman–Crippen LogP) is 6.17. The molecule has 1 fully saturated rings. The van der Waals surface area contributed by atoms with E-state index in [4.69, 9.17) is 16.0 Å². The van der Waals surface area contributed by atoms with Gasteiger partial charge in [0.15, 0.2) is 0 Å². The standard InChI is InChI=1S/C23H23ClO3S/c24-20-13-12-18(28-20)9-5-4-8-17-14-19(25)22(23(26)27-17)21(16-10-11-16)15-6-2-1-3-7-15/h1-3,6-7,12-14,16,21,25H,4-5,8-11H2. The topological polar surface area (TPSA) is 50.4 Å². The second-order valence-electron chi connectivity index (χ2n) is 7.44. The number of hydrogen-bond donors (Lipinski definition) is 1. The first-order valence-corrected chi connectivity index (χ1v) is 11.0. The molecule has 3 nitrogen and oxygen atoms in total. The van der Waals surface area contributed by atoms with Crippen LogP contribution in [0, 0.1) is 5.92 Å². The molecule has 1 unspecified atom stereocenters. The van der Waals surface area contributed by atoms with Crippen LogP contribution in [-0.4, -0.2) is 5.11 Å². The highest BCUT2D eigenvalue weighted by atomic mass is 35.5. The summed E-state index contributed by atoms with van der Waals surface area (Å²) in [4.78, 5) is 14.0. The Labute approximate surface area is 173 Å². The number of unbranched alkanes of at least 4 members (excludes halogenated alkanes) is 1. The van der Waals surface area contributed by atoms with E-state index in [0.29, 0.717) is 23.7 Å². The number of hydrogen-bond acceptors (Lipinski definition) is 4. The third kappa shape index (κ3) is 4.50. The van der Waals surface area contributed by atoms with Gasteiger partial charge in [-0.15, -0.1) is 11.3 Å². The summed E-state index contributed by atoms with van der Waals surface area (Å²) in [5.41, 5.74) is 1.07. The molecule has 0 bridgehead atoms. The highest BCUT2D eigenvalue weighted by Crippen LogP contribution is 2.47. The number of rotatable bonds is 8. The highest BCUT2D eigenvalue weighted by molar-refractivity contribution is 7.16. The maximum absolute atomic E-state index is 12.7.